The van der Waals surface area contributed by atoms with Crippen LogP contribution in [0.4, 0.5) is 0 Å². The molecule has 0 bridgehead atoms. The van der Waals surface area contributed by atoms with Gasteiger partial charge in [-0.1, -0.05) is 13.0 Å². The minimum Gasteiger partial charge on any atom is -0.496 e. The van der Waals surface area contributed by atoms with Gasteiger partial charge in [0.1, 0.15) is 5.75 Å². The van der Waals surface area contributed by atoms with Crippen molar-refractivity contribution in [3.63, 3.8) is 0 Å². The molecule has 2 rings (SSSR count). The van der Waals surface area contributed by atoms with E-state index in [0.717, 1.165) is 28.5 Å². The molecule has 0 aliphatic heterocycles. The second-order valence-electron chi connectivity index (χ2n) is 4.95. The summed E-state index contributed by atoms with van der Waals surface area (Å²) in [5, 5.41) is 3.44. The van der Waals surface area contributed by atoms with E-state index in [1.807, 2.05) is 6.07 Å². The fourth-order valence-electron chi connectivity index (χ4n) is 2.47. The molecule has 0 amide bonds. The molecule has 1 aliphatic rings. The van der Waals surface area contributed by atoms with Gasteiger partial charge in [-0.15, -0.1) is 0 Å². The molecule has 3 unspecified atom stereocenters. The lowest BCUT2D eigenvalue weighted by Gasteiger charge is -2.16. The zero-order valence-electron chi connectivity index (χ0n) is 10.7. The molecular formula is C14H20BrNO. The minimum absolute atomic E-state index is 0.602. The maximum atomic E-state index is 5.25. The van der Waals surface area contributed by atoms with Crippen LogP contribution in [-0.4, -0.2) is 20.2 Å². The lowest BCUT2D eigenvalue weighted by atomic mass is 10.0. The predicted molar refractivity (Wildman–Crippen MR) is 74.5 cm³/mol. The van der Waals surface area contributed by atoms with Crippen molar-refractivity contribution >= 4 is 15.9 Å². The summed E-state index contributed by atoms with van der Waals surface area (Å²) < 4.78 is 6.28. The number of hydrogen-bond donors (Lipinski definition) is 1. The molecule has 1 N–H and O–H groups in total. The molecule has 1 aromatic carbocycles. The Kier molecular flexibility index (Phi) is 4.10. The van der Waals surface area contributed by atoms with E-state index in [1.165, 1.54) is 12.0 Å². The fraction of sp³-hybridized carbons (Fsp3) is 0.571. The molecule has 0 heterocycles. The Morgan fingerprint density at radius 2 is 2.24 bits per heavy atom. The van der Waals surface area contributed by atoms with E-state index in [0.29, 0.717) is 6.04 Å². The molecule has 1 saturated carbocycles. The predicted octanol–water partition coefficient (Wildman–Crippen LogP) is 3.24. The summed E-state index contributed by atoms with van der Waals surface area (Å²) in [7, 11) is 3.76. The third kappa shape index (κ3) is 3.02. The maximum Gasteiger partial charge on any atom is 0.133 e. The smallest absolute Gasteiger partial charge is 0.133 e. The van der Waals surface area contributed by atoms with E-state index < -0.39 is 0 Å². The van der Waals surface area contributed by atoms with Crippen molar-refractivity contribution in [3.05, 3.63) is 28.2 Å². The normalized spacial score (nSPS) is 24.5. The zero-order valence-corrected chi connectivity index (χ0v) is 12.3. The second kappa shape index (κ2) is 5.40. The Bertz CT molecular complexity index is 394. The Balaban J connectivity index is 2.04. The molecule has 0 radical (unpaired) electrons. The maximum absolute atomic E-state index is 5.25. The molecule has 1 aromatic rings. The first-order chi connectivity index (χ1) is 8.15. The number of hydrogen-bond acceptors (Lipinski definition) is 2. The number of likely N-dealkylation sites (N-methyl/N-ethyl adjacent to an activating group) is 1. The quantitative estimate of drug-likeness (QED) is 0.901. The number of ether oxygens (including phenoxy) is 1. The monoisotopic (exact) mass is 297 g/mol. The van der Waals surface area contributed by atoms with Gasteiger partial charge in [0.15, 0.2) is 0 Å². The molecule has 0 spiro atoms. The van der Waals surface area contributed by atoms with Crippen molar-refractivity contribution in [2.45, 2.75) is 25.8 Å². The topological polar surface area (TPSA) is 21.3 Å². The van der Waals surface area contributed by atoms with Crippen molar-refractivity contribution in [2.75, 3.05) is 14.2 Å². The van der Waals surface area contributed by atoms with Gasteiger partial charge in [0.2, 0.25) is 0 Å². The third-order valence-corrected chi connectivity index (χ3v) is 4.35. The minimum atomic E-state index is 0.602. The molecule has 1 aliphatic carbocycles. The third-order valence-electron chi connectivity index (χ3n) is 3.73. The van der Waals surface area contributed by atoms with Crippen LogP contribution < -0.4 is 10.1 Å². The van der Waals surface area contributed by atoms with Gasteiger partial charge >= 0.3 is 0 Å². The van der Waals surface area contributed by atoms with Crippen molar-refractivity contribution in [3.8, 4) is 5.75 Å². The second-order valence-corrected chi connectivity index (χ2v) is 5.80. The fourth-order valence-corrected chi connectivity index (χ4v) is 3.06. The van der Waals surface area contributed by atoms with Crippen LogP contribution in [0.3, 0.4) is 0 Å². The standard InChI is InChI=1S/C14H20BrNO/c1-9-6-11(9)13(16-2)8-10-4-5-14(17-3)12(15)7-10/h4-5,7,9,11,13,16H,6,8H2,1-3H3. The Morgan fingerprint density at radius 3 is 2.71 bits per heavy atom. The molecule has 0 saturated heterocycles. The summed E-state index contributed by atoms with van der Waals surface area (Å²) in [4.78, 5) is 0. The molecule has 0 aromatic heterocycles. The van der Waals surface area contributed by atoms with Crippen molar-refractivity contribution in [1.29, 1.82) is 0 Å². The lowest BCUT2D eigenvalue weighted by molar-refractivity contribution is 0.411. The first-order valence-corrected chi connectivity index (χ1v) is 6.94. The van der Waals surface area contributed by atoms with E-state index in [-0.39, 0.29) is 0 Å². The molecule has 3 heteroatoms. The van der Waals surface area contributed by atoms with E-state index in [4.69, 9.17) is 4.74 Å². The van der Waals surface area contributed by atoms with Crippen molar-refractivity contribution in [1.82, 2.24) is 5.32 Å². The van der Waals surface area contributed by atoms with Crippen LogP contribution >= 0.6 is 15.9 Å². The first-order valence-electron chi connectivity index (χ1n) is 6.15. The summed E-state index contributed by atoms with van der Waals surface area (Å²) in [6, 6.07) is 6.95. The lowest BCUT2D eigenvalue weighted by Crippen LogP contribution is -2.30. The van der Waals surface area contributed by atoms with Gasteiger partial charge in [0, 0.05) is 6.04 Å². The summed E-state index contributed by atoms with van der Waals surface area (Å²) in [5.41, 5.74) is 1.36. The number of nitrogens with one attached hydrogen (secondary N) is 1. The Hall–Kier alpha value is -0.540. The Labute approximate surface area is 112 Å². The van der Waals surface area contributed by atoms with Gasteiger partial charge in [0.05, 0.1) is 11.6 Å². The van der Waals surface area contributed by atoms with Crippen LogP contribution in [0.15, 0.2) is 22.7 Å². The highest BCUT2D eigenvalue weighted by molar-refractivity contribution is 9.10. The van der Waals surface area contributed by atoms with Gasteiger partial charge in [-0.2, -0.15) is 0 Å². The van der Waals surface area contributed by atoms with Gasteiger partial charge in [-0.3, -0.25) is 0 Å². The zero-order chi connectivity index (χ0) is 12.4. The van der Waals surface area contributed by atoms with Gasteiger partial charge < -0.3 is 10.1 Å². The van der Waals surface area contributed by atoms with Gasteiger partial charge in [-0.05, 0) is 65.4 Å². The van der Waals surface area contributed by atoms with Crippen LogP contribution in [0.25, 0.3) is 0 Å². The highest BCUT2D eigenvalue weighted by Crippen LogP contribution is 2.41. The van der Waals surface area contributed by atoms with Crippen LogP contribution in [0.2, 0.25) is 0 Å². The highest BCUT2D eigenvalue weighted by Gasteiger charge is 2.38. The van der Waals surface area contributed by atoms with Crippen LogP contribution in [0.5, 0.6) is 5.75 Å². The summed E-state index contributed by atoms with van der Waals surface area (Å²) in [6.07, 6.45) is 2.46. The van der Waals surface area contributed by atoms with Crippen molar-refractivity contribution in [2.24, 2.45) is 11.8 Å². The first kappa shape index (κ1) is 12.9. The van der Waals surface area contributed by atoms with E-state index in [1.54, 1.807) is 7.11 Å². The van der Waals surface area contributed by atoms with Crippen LogP contribution in [0.1, 0.15) is 18.9 Å². The molecular weight excluding hydrogens is 278 g/mol. The molecule has 1 fully saturated rings. The van der Waals surface area contributed by atoms with Crippen LogP contribution in [0, 0.1) is 11.8 Å². The summed E-state index contributed by atoms with van der Waals surface area (Å²) >= 11 is 3.54. The molecule has 2 nitrogen and oxygen atoms in total. The summed E-state index contributed by atoms with van der Waals surface area (Å²) in [6.45, 7) is 2.33. The van der Waals surface area contributed by atoms with E-state index in [2.05, 4.69) is 47.4 Å². The highest BCUT2D eigenvalue weighted by atomic mass is 79.9. The summed E-state index contributed by atoms with van der Waals surface area (Å²) in [5.74, 6) is 2.63. The number of methoxy groups -OCH3 is 1. The SMILES string of the molecule is CNC(Cc1ccc(OC)c(Br)c1)C1CC1C. The van der Waals surface area contributed by atoms with Crippen molar-refractivity contribution < 1.29 is 4.74 Å². The molecule has 3 atom stereocenters. The number of halogens is 1. The number of rotatable bonds is 5. The number of benzene rings is 1. The van der Waals surface area contributed by atoms with Gasteiger partial charge in [-0.25, -0.2) is 0 Å². The van der Waals surface area contributed by atoms with E-state index >= 15 is 0 Å². The van der Waals surface area contributed by atoms with E-state index in [9.17, 15) is 0 Å². The molecule has 94 valence electrons. The molecule has 17 heavy (non-hydrogen) atoms. The van der Waals surface area contributed by atoms with Gasteiger partial charge in [0.25, 0.3) is 0 Å². The Morgan fingerprint density at radius 1 is 1.53 bits per heavy atom. The van der Waals surface area contributed by atoms with Crippen LogP contribution in [-0.2, 0) is 6.42 Å². The average molecular weight is 298 g/mol. The average Bonchev–Trinajstić information content (AvgIpc) is 3.03. The largest absolute Gasteiger partial charge is 0.496 e.